The van der Waals surface area contributed by atoms with Gasteiger partial charge in [-0.2, -0.15) is 5.10 Å². The summed E-state index contributed by atoms with van der Waals surface area (Å²) in [5.41, 5.74) is 9.92. The first-order chi connectivity index (χ1) is 11.8. The first-order valence-corrected chi connectivity index (χ1v) is 8.97. The van der Waals surface area contributed by atoms with E-state index in [-0.39, 0.29) is 24.4 Å². The quantitative estimate of drug-likeness (QED) is 0.915. The van der Waals surface area contributed by atoms with E-state index in [4.69, 9.17) is 10.8 Å². The maximum absolute atomic E-state index is 13.2. The van der Waals surface area contributed by atoms with Gasteiger partial charge in [-0.1, -0.05) is 18.2 Å². The third-order valence-corrected chi connectivity index (χ3v) is 5.29. The maximum Gasteiger partial charge on any atom is 0.274 e. The molecule has 0 bridgehead atoms. The van der Waals surface area contributed by atoms with Crippen LogP contribution in [0, 0.1) is 0 Å². The molecule has 1 saturated heterocycles. The van der Waals surface area contributed by atoms with Crippen LogP contribution in [0.15, 0.2) is 30.3 Å². The summed E-state index contributed by atoms with van der Waals surface area (Å²) in [5, 5.41) is 4.73. The van der Waals surface area contributed by atoms with Gasteiger partial charge in [0.05, 0.1) is 5.69 Å². The van der Waals surface area contributed by atoms with E-state index in [9.17, 15) is 4.79 Å². The number of fused-ring (bicyclic) bond motifs is 1. The highest BCUT2D eigenvalue weighted by molar-refractivity contribution is 5.94. The Hall–Kier alpha value is -1.85. The highest BCUT2D eigenvalue weighted by atomic mass is 35.5. The average Bonchev–Trinajstić information content (AvgIpc) is 3.24. The van der Waals surface area contributed by atoms with Crippen LogP contribution in [0.25, 0.3) is 5.69 Å². The topological polar surface area (TPSA) is 64.2 Å². The summed E-state index contributed by atoms with van der Waals surface area (Å²) < 4.78 is 1.97. The number of para-hydroxylation sites is 1. The van der Waals surface area contributed by atoms with Gasteiger partial charge >= 0.3 is 0 Å². The standard InChI is InChI=1S/C19H24N4O.ClH/c20-13-15-9-4-5-12-22(15)19(24)18-16-10-6-11-17(16)23(21-18)14-7-2-1-3-8-14;/h1-3,7-8,15H,4-6,9-13,20H2;1H. The molecule has 1 aromatic heterocycles. The molecule has 1 aromatic carbocycles. The molecule has 1 aliphatic heterocycles. The Bertz CT molecular complexity index is 743. The molecule has 2 aromatic rings. The molecule has 1 amide bonds. The third kappa shape index (κ3) is 3.18. The lowest BCUT2D eigenvalue weighted by atomic mass is 10.0. The fourth-order valence-corrected chi connectivity index (χ4v) is 4.04. The van der Waals surface area contributed by atoms with Gasteiger partial charge in [-0.25, -0.2) is 4.68 Å². The van der Waals surface area contributed by atoms with Crippen molar-refractivity contribution in [3.63, 3.8) is 0 Å². The Balaban J connectivity index is 0.00000182. The minimum Gasteiger partial charge on any atom is -0.333 e. The third-order valence-electron chi connectivity index (χ3n) is 5.29. The summed E-state index contributed by atoms with van der Waals surface area (Å²) in [5.74, 6) is 0.0676. The SMILES string of the molecule is Cl.NCC1CCCCN1C(=O)c1nn(-c2ccccc2)c2c1CCC2. The van der Waals surface area contributed by atoms with Crippen molar-refractivity contribution in [1.29, 1.82) is 0 Å². The van der Waals surface area contributed by atoms with Crippen molar-refractivity contribution in [3.05, 3.63) is 47.3 Å². The number of nitrogens with two attached hydrogens (primary N) is 1. The van der Waals surface area contributed by atoms with Crippen LogP contribution in [0.4, 0.5) is 0 Å². The fraction of sp³-hybridized carbons (Fsp3) is 0.474. The number of likely N-dealkylation sites (tertiary alicyclic amines) is 1. The normalized spacial score (nSPS) is 19.4. The van der Waals surface area contributed by atoms with Gasteiger partial charge in [0.25, 0.3) is 5.91 Å². The number of amides is 1. The van der Waals surface area contributed by atoms with Crippen molar-refractivity contribution in [2.45, 2.75) is 44.6 Å². The molecule has 2 N–H and O–H groups in total. The molecule has 0 radical (unpaired) electrons. The minimum atomic E-state index is 0. The summed E-state index contributed by atoms with van der Waals surface area (Å²) >= 11 is 0. The van der Waals surface area contributed by atoms with Crippen LogP contribution < -0.4 is 5.73 Å². The highest BCUT2D eigenvalue weighted by Crippen LogP contribution is 2.29. The van der Waals surface area contributed by atoms with Gasteiger partial charge in [0.1, 0.15) is 0 Å². The van der Waals surface area contributed by atoms with Crippen molar-refractivity contribution in [2.24, 2.45) is 5.73 Å². The second kappa shape index (κ2) is 7.58. The number of hydrogen-bond acceptors (Lipinski definition) is 3. The van der Waals surface area contributed by atoms with Crippen molar-refractivity contribution in [2.75, 3.05) is 13.1 Å². The van der Waals surface area contributed by atoms with Crippen LogP contribution in [-0.2, 0) is 12.8 Å². The van der Waals surface area contributed by atoms with E-state index >= 15 is 0 Å². The van der Waals surface area contributed by atoms with Crippen LogP contribution in [0.5, 0.6) is 0 Å². The molecule has 0 spiro atoms. The predicted octanol–water partition coefficient (Wildman–Crippen LogP) is 2.74. The summed E-state index contributed by atoms with van der Waals surface area (Å²) in [7, 11) is 0. The fourth-order valence-electron chi connectivity index (χ4n) is 4.04. The number of hydrogen-bond donors (Lipinski definition) is 1. The molecule has 1 unspecified atom stereocenters. The smallest absolute Gasteiger partial charge is 0.274 e. The number of rotatable bonds is 3. The zero-order valence-corrected chi connectivity index (χ0v) is 15.2. The van der Waals surface area contributed by atoms with Crippen LogP contribution in [0.1, 0.15) is 47.4 Å². The van der Waals surface area contributed by atoms with E-state index in [1.54, 1.807) is 0 Å². The molecule has 1 atom stereocenters. The first kappa shape index (κ1) is 18.0. The molecule has 1 aliphatic carbocycles. The Morgan fingerprint density at radius 3 is 2.72 bits per heavy atom. The monoisotopic (exact) mass is 360 g/mol. The molecular formula is C19H25ClN4O. The Labute approximate surface area is 154 Å². The van der Waals surface area contributed by atoms with E-state index in [0.717, 1.165) is 56.3 Å². The molecular weight excluding hydrogens is 336 g/mol. The summed E-state index contributed by atoms with van der Waals surface area (Å²) in [6.07, 6.45) is 6.26. The number of halogens is 1. The Morgan fingerprint density at radius 2 is 1.96 bits per heavy atom. The van der Waals surface area contributed by atoms with Crippen molar-refractivity contribution in [3.8, 4) is 5.69 Å². The number of aromatic nitrogens is 2. The molecule has 2 heterocycles. The van der Waals surface area contributed by atoms with Gasteiger partial charge in [0.2, 0.25) is 0 Å². The van der Waals surface area contributed by atoms with E-state index in [2.05, 4.69) is 0 Å². The number of carbonyl (C=O) groups excluding carboxylic acids is 1. The second-order valence-corrected chi connectivity index (χ2v) is 6.76. The van der Waals surface area contributed by atoms with E-state index < -0.39 is 0 Å². The summed E-state index contributed by atoms with van der Waals surface area (Å²) in [6, 6.07) is 10.3. The van der Waals surface area contributed by atoms with Crippen LogP contribution in [0.3, 0.4) is 0 Å². The van der Waals surface area contributed by atoms with Crippen LogP contribution in [-0.4, -0.2) is 39.7 Å². The van der Waals surface area contributed by atoms with Crippen molar-refractivity contribution in [1.82, 2.24) is 14.7 Å². The van der Waals surface area contributed by atoms with Gasteiger partial charge in [0, 0.05) is 30.4 Å². The van der Waals surface area contributed by atoms with Crippen LogP contribution in [0.2, 0.25) is 0 Å². The lowest BCUT2D eigenvalue weighted by Crippen LogP contribution is -2.47. The molecule has 134 valence electrons. The Morgan fingerprint density at radius 1 is 1.16 bits per heavy atom. The molecule has 5 nitrogen and oxygen atoms in total. The highest BCUT2D eigenvalue weighted by Gasteiger charge is 2.33. The van der Waals surface area contributed by atoms with Gasteiger partial charge in [0.15, 0.2) is 5.69 Å². The minimum absolute atomic E-state index is 0. The van der Waals surface area contributed by atoms with Crippen LogP contribution >= 0.6 is 12.4 Å². The van der Waals surface area contributed by atoms with Crippen molar-refractivity contribution >= 4 is 18.3 Å². The van der Waals surface area contributed by atoms with E-state index in [0.29, 0.717) is 12.2 Å². The lowest BCUT2D eigenvalue weighted by molar-refractivity contribution is 0.0615. The van der Waals surface area contributed by atoms with Crippen molar-refractivity contribution < 1.29 is 4.79 Å². The van der Waals surface area contributed by atoms with E-state index in [1.165, 1.54) is 5.69 Å². The number of benzene rings is 1. The summed E-state index contributed by atoms with van der Waals surface area (Å²) in [6.45, 7) is 1.33. The largest absolute Gasteiger partial charge is 0.333 e. The average molecular weight is 361 g/mol. The summed E-state index contributed by atoms with van der Waals surface area (Å²) in [4.78, 5) is 15.1. The molecule has 6 heteroatoms. The van der Waals surface area contributed by atoms with Gasteiger partial charge < -0.3 is 10.6 Å². The molecule has 4 rings (SSSR count). The zero-order valence-electron chi connectivity index (χ0n) is 14.4. The van der Waals surface area contributed by atoms with E-state index in [1.807, 2.05) is 39.9 Å². The van der Waals surface area contributed by atoms with Gasteiger partial charge in [-0.15, -0.1) is 12.4 Å². The van der Waals surface area contributed by atoms with Gasteiger partial charge in [-0.3, -0.25) is 4.79 Å². The molecule has 1 fully saturated rings. The number of piperidine rings is 1. The lowest BCUT2D eigenvalue weighted by Gasteiger charge is -2.34. The second-order valence-electron chi connectivity index (χ2n) is 6.76. The molecule has 25 heavy (non-hydrogen) atoms. The molecule has 2 aliphatic rings. The maximum atomic E-state index is 13.2. The molecule has 0 saturated carbocycles. The number of nitrogens with zero attached hydrogens (tertiary/aromatic N) is 3. The zero-order chi connectivity index (χ0) is 16.5. The predicted molar refractivity (Wildman–Crippen MR) is 101 cm³/mol. The first-order valence-electron chi connectivity index (χ1n) is 8.97. The van der Waals surface area contributed by atoms with Gasteiger partial charge in [-0.05, 0) is 50.7 Å². The Kier molecular flexibility index (Phi) is 5.45. The number of carbonyl (C=O) groups is 1.